The van der Waals surface area contributed by atoms with Crippen LogP contribution in [0.3, 0.4) is 0 Å². The Hall–Kier alpha value is -2.05. The Kier molecular flexibility index (Phi) is 5.97. The first-order valence-electron chi connectivity index (χ1n) is 10.8. The van der Waals surface area contributed by atoms with E-state index >= 15 is 0 Å². The second-order valence-electron chi connectivity index (χ2n) is 9.80. The van der Waals surface area contributed by atoms with Crippen molar-refractivity contribution in [2.45, 2.75) is 85.5 Å². The molecule has 3 rings (SSSR count). The summed E-state index contributed by atoms with van der Waals surface area (Å²) in [7, 11) is 0. The zero-order chi connectivity index (χ0) is 21.4. The number of nitrogens with zero attached hydrogens (tertiary/aromatic N) is 4. The van der Waals surface area contributed by atoms with Crippen molar-refractivity contribution < 1.29 is 14.3 Å². The number of carbonyl (C=O) groups is 2. The van der Waals surface area contributed by atoms with Gasteiger partial charge in [0.15, 0.2) is 0 Å². The molecule has 1 aromatic heterocycles. The number of rotatable bonds is 5. The molecule has 0 bridgehead atoms. The molecule has 1 aliphatic carbocycles. The minimum Gasteiger partial charge on any atom is -0.444 e. The van der Waals surface area contributed by atoms with Gasteiger partial charge in [0.25, 0.3) is 0 Å². The Balaban J connectivity index is 1.66. The van der Waals surface area contributed by atoms with Crippen LogP contribution in [0.2, 0.25) is 0 Å². The number of carbonyl (C=O) groups excluding carboxylic acids is 2. The van der Waals surface area contributed by atoms with Crippen LogP contribution in [0.15, 0.2) is 12.4 Å². The van der Waals surface area contributed by atoms with E-state index in [1.807, 2.05) is 50.6 Å². The zero-order valence-electron chi connectivity index (χ0n) is 18.8. The molecule has 1 spiro atoms. The molecule has 7 heteroatoms. The van der Waals surface area contributed by atoms with Gasteiger partial charge in [-0.15, -0.1) is 0 Å². The van der Waals surface area contributed by atoms with E-state index in [1.165, 1.54) is 0 Å². The van der Waals surface area contributed by atoms with Gasteiger partial charge < -0.3 is 19.1 Å². The predicted octanol–water partition coefficient (Wildman–Crippen LogP) is 3.68. The summed E-state index contributed by atoms with van der Waals surface area (Å²) in [5.74, 6) is 1.08. The second kappa shape index (κ2) is 8.00. The van der Waals surface area contributed by atoms with Crippen LogP contribution in [0.1, 0.15) is 66.6 Å². The van der Waals surface area contributed by atoms with Crippen LogP contribution in [0.5, 0.6) is 0 Å². The third-order valence-corrected chi connectivity index (χ3v) is 6.16. The summed E-state index contributed by atoms with van der Waals surface area (Å²) in [6.07, 6.45) is 6.39. The first kappa shape index (κ1) is 21.7. The molecule has 2 amide bonds. The summed E-state index contributed by atoms with van der Waals surface area (Å²) in [4.78, 5) is 33.7. The van der Waals surface area contributed by atoms with E-state index in [-0.39, 0.29) is 29.4 Å². The maximum Gasteiger partial charge on any atom is 0.410 e. The van der Waals surface area contributed by atoms with Crippen molar-refractivity contribution in [3.63, 3.8) is 0 Å². The van der Waals surface area contributed by atoms with Crippen molar-refractivity contribution in [1.29, 1.82) is 0 Å². The lowest BCUT2D eigenvalue weighted by Crippen LogP contribution is -2.45. The maximum atomic E-state index is 13.0. The SMILES string of the molecule is CCn1ccnc1CN(C(=O)C(C)C)[C@H]1CC12CCN(C(=O)OC(C)(C)C)CC2. The maximum absolute atomic E-state index is 13.0. The molecule has 2 aliphatic rings. The van der Waals surface area contributed by atoms with Gasteiger partial charge in [0, 0.05) is 44.0 Å². The molecular weight excluding hydrogens is 368 g/mol. The molecule has 0 unspecified atom stereocenters. The molecule has 1 saturated carbocycles. The molecule has 1 aromatic rings. The van der Waals surface area contributed by atoms with Gasteiger partial charge in [0.2, 0.25) is 5.91 Å². The highest BCUT2D eigenvalue weighted by Crippen LogP contribution is 2.57. The molecule has 29 heavy (non-hydrogen) atoms. The minimum atomic E-state index is -0.476. The molecule has 162 valence electrons. The quantitative estimate of drug-likeness (QED) is 0.751. The minimum absolute atomic E-state index is 0.0421. The molecule has 0 N–H and O–H groups in total. The third-order valence-electron chi connectivity index (χ3n) is 6.16. The summed E-state index contributed by atoms with van der Waals surface area (Å²) >= 11 is 0. The van der Waals surface area contributed by atoms with Crippen molar-refractivity contribution in [1.82, 2.24) is 19.4 Å². The fourth-order valence-corrected chi connectivity index (χ4v) is 4.37. The highest BCUT2D eigenvalue weighted by molar-refractivity contribution is 5.79. The number of aromatic nitrogens is 2. The van der Waals surface area contributed by atoms with Gasteiger partial charge in [-0.3, -0.25) is 4.79 Å². The highest BCUT2D eigenvalue weighted by Gasteiger charge is 2.59. The van der Waals surface area contributed by atoms with Gasteiger partial charge in [-0.2, -0.15) is 0 Å². The summed E-state index contributed by atoms with van der Waals surface area (Å²) in [6, 6.07) is 0.236. The Labute approximate surface area is 174 Å². The summed E-state index contributed by atoms with van der Waals surface area (Å²) < 4.78 is 7.61. The van der Waals surface area contributed by atoms with Gasteiger partial charge in [-0.05, 0) is 52.4 Å². The van der Waals surface area contributed by atoms with Crippen molar-refractivity contribution in [3.05, 3.63) is 18.2 Å². The summed E-state index contributed by atoms with van der Waals surface area (Å²) in [5.41, 5.74) is -0.345. The Morgan fingerprint density at radius 1 is 1.31 bits per heavy atom. The lowest BCUT2D eigenvalue weighted by molar-refractivity contribution is -0.136. The number of imidazole rings is 1. The van der Waals surface area contributed by atoms with Gasteiger partial charge in [-0.25, -0.2) is 9.78 Å². The van der Waals surface area contributed by atoms with E-state index in [2.05, 4.69) is 16.5 Å². The number of piperidine rings is 1. The molecular formula is C22H36N4O3. The van der Waals surface area contributed by atoms with Gasteiger partial charge in [-0.1, -0.05) is 13.8 Å². The number of hydrogen-bond acceptors (Lipinski definition) is 4. The van der Waals surface area contributed by atoms with Crippen LogP contribution in [0.4, 0.5) is 4.79 Å². The lowest BCUT2D eigenvalue weighted by atomic mass is 9.92. The monoisotopic (exact) mass is 404 g/mol. The molecule has 0 radical (unpaired) electrons. The number of likely N-dealkylation sites (tertiary alicyclic amines) is 1. The number of aryl methyl sites for hydroxylation is 1. The number of ether oxygens (including phenoxy) is 1. The van der Waals surface area contributed by atoms with Crippen LogP contribution in [0.25, 0.3) is 0 Å². The van der Waals surface area contributed by atoms with E-state index in [0.29, 0.717) is 19.6 Å². The van der Waals surface area contributed by atoms with Crippen LogP contribution in [-0.4, -0.2) is 56.1 Å². The van der Waals surface area contributed by atoms with E-state index in [0.717, 1.165) is 31.6 Å². The van der Waals surface area contributed by atoms with Crippen molar-refractivity contribution in [3.8, 4) is 0 Å². The first-order valence-corrected chi connectivity index (χ1v) is 10.8. The van der Waals surface area contributed by atoms with Crippen molar-refractivity contribution >= 4 is 12.0 Å². The average Bonchev–Trinajstić information content (AvgIpc) is 3.12. The van der Waals surface area contributed by atoms with Crippen LogP contribution >= 0.6 is 0 Å². The third kappa shape index (κ3) is 4.75. The molecule has 1 saturated heterocycles. The fraction of sp³-hybridized carbons (Fsp3) is 0.773. The van der Waals surface area contributed by atoms with Crippen LogP contribution in [-0.2, 0) is 22.6 Å². The van der Waals surface area contributed by atoms with Gasteiger partial charge in [0.1, 0.15) is 11.4 Å². The van der Waals surface area contributed by atoms with Gasteiger partial charge in [0.05, 0.1) is 6.54 Å². The number of hydrogen-bond donors (Lipinski definition) is 0. The Morgan fingerprint density at radius 3 is 2.52 bits per heavy atom. The normalized spacial score (nSPS) is 20.8. The molecule has 7 nitrogen and oxygen atoms in total. The highest BCUT2D eigenvalue weighted by atomic mass is 16.6. The molecule has 2 heterocycles. The average molecular weight is 405 g/mol. The second-order valence-corrected chi connectivity index (χ2v) is 9.80. The van der Waals surface area contributed by atoms with E-state index in [1.54, 1.807) is 6.20 Å². The standard InChI is InChI=1S/C22H36N4O3/c1-7-24-13-10-23-18(24)15-26(19(27)16(2)3)17-14-22(17)8-11-25(12-9-22)20(28)29-21(4,5)6/h10,13,16-17H,7-9,11-12,14-15H2,1-6H3/t17-/m0/s1. The van der Waals surface area contributed by atoms with Crippen LogP contribution < -0.4 is 0 Å². The molecule has 2 fully saturated rings. The predicted molar refractivity (Wildman–Crippen MR) is 111 cm³/mol. The topological polar surface area (TPSA) is 67.7 Å². The number of amides is 2. The van der Waals surface area contributed by atoms with Crippen LogP contribution in [0, 0.1) is 11.3 Å². The summed E-state index contributed by atoms with van der Waals surface area (Å²) in [5, 5.41) is 0. The van der Waals surface area contributed by atoms with E-state index < -0.39 is 5.60 Å². The smallest absolute Gasteiger partial charge is 0.410 e. The van der Waals surface area contributed by atoms with E-state index in [4.69, 9.17) is 4.74 Å². The molecule has 0 aromatic carbocycles. The lowest BCUT2D eigenvalue weighted by Gasteiger charge is -2.36. The first-order chi connectivity index (χ1) is 13.6. The largest absolute Gasteiger partial charge is 0.444 e. The van der Waals surface area contributed by atoms with Crippen molar-refractivity contribution in [2.24, 2.45) is 11.3 Å². The Morgan fingerprint density at radius 2 is 1.97 bits per heavy atom. The Bertz CT molecular complexity index is 741. The van der Waals surface area contributed by atoms with E-state index in [9.17, 15) is 9.59 Å². The fourth-order valence-electron chi connectivity index (χ4n) is 4.37. The van der Waals surface area contributed by atoms with Crippen molar-refractivity contribution in [2.75, 3.05) is 13.1 Å². The zero-order valence-corrected chi connectivity index (χ0v) is 18.8. The summed E-state index contributed by atoms with van der Waals surface area (Å²) in [6.45, 7) is 14.5. The molecule has 1 aliphatic heterocycles. The van der Waals surface area contributed by atoms with Gasteiger partial charge >= 0.3 is 6.09 Å². The molecule has 1 atom stereocenters.